The molecule has 0 N–H and O–H groups in total. The van der Waals surface area contributed by atoms with Gasteiger partial charge in [-0.05, 0) is 53.6 Å². The van der Waals surface area contributed by atoms with Crippen molar-refractivity contribution in [2.24, 2.45) is 0 Å². The van der Waals surface area contributed by atoms with Crippen molar-refractivity contribution in [1.82, 2.24) is 24.5 Å². The number of nitrogens with zero attached hydrogens (tertiary/aromatic N) is 5. The Morgan fingerprint density at radius 1 is 0.426 bits per heavy atom. The molecule has 0 amide bonds. The third kappa shape index (κ3) is 5.40. The lowest BCUT2D eigenvalue weighted by atomic mass is 9.42. The summed E-state index contributed by atoms with van der Waals surface area (Å²) in [6.07, 6.45) is 7.31. The smallest absolute Gasteiger partial charge is 0.234 e. The van der Waals surface area contributed by atoms with Crippen molar-refractivity contribution in [2.75, 3.05) is 0 Å². The molecule has 0 saturated carbocycles. The van der Waals surface area contributed by atoms with Gasteiger partial charge in [0, 0.05) is 35.6 Å². The first-order chi connectivity index (χ1) is 23.1. The Morgan fingerprint density at radius 3 is 1.36 bits per heavy atom. The normalized spacial score (nSPS) is 11.2. The van der Waals surface area contributed by atoms with E-state index in [1.165, 1.54) is 32.6 Å². The summed E-state index contributed by atoms with van der Waals surface area (Å²) in [5, 5.41) is 2.36. The van der Waals surface area contributed by atoms with Crippen LogP contribution in [-0.4, -0.2) is 37.9 Å². The van der Waals surface area contributed by atoms with Gasteiger partial charge in [-0.1, -0.05) is 120 Å². The maximum absolute atomic E-state index is 4.72. The molecule has 0 aliphatic carbocycles. The van der Waals surface area contributed by atoms with Crippen molar-refractivity contribution in [2.45, 2.75) is 13.6 Å². The van der Waals surface area contributed by atoms with Crippen LogP contribution >= 0.6 is 0 Å². The Hall–Kier alpha value is -5.81. The molecular weight excluding hydrogens is 572 g/mol. The predicted molar refractivity (Wildman–Crippen MR) is 197 cm³/mol. The van der Waals surface area contributed by atoms with Crippen LogP contribution in [0.2, 0.25) is 13.6 Å². The van der Waals surface area contributed by atoms with Gasteiger partial charge in [0.2, 0.25) is 19.4 Å². The first-order valence-corrected chi connectivity index (χ1v) is 16.0. The SMILES string of the molecule is CB(c1cccc(-c2ccccn2)c1)c1ccc2c3ccc(B(C)c4cccc(-c5ccccn5)c4)cc3n(-c3ncccn3)c2c1. The van der Waals surface area contributed by atoms with Crippen molar-refractivity contribution in [3.63, 3.8) is 0 Å². The molecule has 8 aromatic rings. The standard InChI is InChI=1S/C40H31B2N5/c1-41(30-12-7-10-28(24-30)36-14-3-5-20-43-36)32-16-18-34-35-19-17-33(27-39(35)47(38(34)26-32)40-45-22-9-23-46-40)42(2)31-13-8-11-29(25-31)37-15-4-6-21-44-37/h3-27H,1-2H3. The summed E-state index contributed by atoms with van der Waals surface area (Å²) in [5.74, 6) is 0.663. The van der Waals surface area contributed by atoms with Gasteiger partial charge in [0.25, 0.3) is 0 Å². The molecule has 0 fully saturated rings. The van der Waals surface area contributed by atoms with Gasteiger partial charge in [-0.2, -0.15) is 0 Å². The fourth-order valence-corrected chi connectivity index (χ4v) is 6.60. The summed E-state index contributed by atoms with van der Waals surface area (Å²) >= 11 is 0. The molecule has 47 heavy (non-hydrogen) atoms. The summed E-state index contributed by atoms with van der Waals surface area (Å²) in [7, 11) is 0. The van der Waals surface area contributed by atoms with Crippen molar-refractivity contribution < 1.29 is 0 Å². The molecular formula is C40H31B2N5. The maximum Gasteiger partial charge on any atom is 0.234 e. The lowest BCUT2D eigenvalue weighted by Crippen LogP contribution is -2.39. The minimum Gasteiger partial charge on any atom is -0.278 e. The molecule has 4 heterocycles. The van der Waals surface area contributed by atoms with E-state index in [0.717, 1.165) is 33.5 Å². The second-order valence-corrected chi connectivity index (χ2v) is 12.1. The van der Waals surface area contributed by atoms with Crippen LogP contribution in [0.4, 0.5) is 0 Å². The zero-order chi connectivity index (χ0) is 31.7. The third-order valence-corrected chi connectivity index (χ3v) is 9.26. The van der Waals surface area contributed by atoms with E-state index in [4.69, 9.17) is 9.97 Å². The number of pyridine rings is 2. The minimum atomic E-state index is 0.174. The number of hydrogen-bond acceptors (Lipinski definition) is 4. The van der Waals surface area contributed by atoms with E-state index in [1.807, 2.05) is 55.1 Å². The van der Waals surface area contributed by atoms with Crippen molar-refractivity contribution in [3.05, 3.63) is 152 Å². The quantitative estimate of drug-likeness (QED) is 0.205. The highest BCUT2D eigenvalue weighted by Crippen LogP contribution is 2.30. The van der Waals surface area contributed by atoms with Gasteiger partial charge >= 0.3 is 0 Å². The van der Waals surface area contributed by atoms with Crippen LogP contribution < -0.4 is 21.9 Å². The molecule has 0 radical (unpaired) electrons. The van der Waals surface area contributed by atoms with Crippen molar-refractivity contribution >= 4 is 57.1 Å². The molecule has 7 heteroatoms. The van der Waals surface area contributed by atoms with Gasteiger partial charge in [-0.15, -0.1) is 0 Å². The van der Waals surface area contributed by atoms with Crippen molar-refractivity contribution in [1.29, 1.82) is 0 Å². The highest BCUT2D eigenvalue weighted by molar-refractivity contribution is 6.85. The molecule has 0 unspecified atom stereocenters. The van der Waals surface area contributed by atoms with Gasteiger partial charge in [0.05, 0.1) is 22.4 Å². The summed E-state index contributed by atoms with van der Waals surface area (Å²) in [4.78, 5) is 18.6. The van der Waals surface area contributed by atoms with Crippen LogP contribution in [0.1, 0.15) is 0 Å². The second kappa shape index (κ2) is 12.2. The number of fused-ring (bicyclic) bond motifs is 3. The number of benzene rings is 4. The average Bonchev–Trinajstić information content (AvgIpc) is 3.48. The predicted octanol–water partition coefficient (Wildman–Crippen LogP) is 6.18. The number of aromatic nitrogens is 5. The Kier molecular flexibility index (Phi) is 7.42. The zero-order valence-electron chi connectivity index (χ0n) is 26.3. The number of hydrogen-bond donors (Lipinski definition) is 0. The fourth-order valence-electron chi connectivity index (χ4n) is 6.60. The van der Waals surface area contributed by atoms with E-state index < -0.39 is 0 Å². The van der Waals surface area contributed by atoms with E-state index in [1.54, 1.807) is 0 Å². The lowest BCUT2D eigenvalue weighted by molar-refractivity contribution is 0.989. The Bertz CT molecular complexity index is 2190. The van der Waals surface area contributed by atoms with Gasteiger partial charge in [0.15, 0.2) is 0 Å². The van der Waals surface area contributed by atoms with Gasteiger partial charge < -0.3 is 0 Å². The Balaban J connectivity index is 1.23. The molecule has 0 spiro atoms. The van der Waals surface area contributed by atoms with Crippen LogP contribution in [0.3, 0.4) is 0 Å². The van der Waals surface area contributed by atoms with Crippen LogP contribution in [0.15, 0.2) is 152 Å². The summed E-state index contributed by atoms with van der Waals surface area (Å²) < 4.78 is 2.21. The Labute approximate surface area is 275 Å². The average molecular weight is 603 g/mol. The topological polar surface area (TPSA) is 56.5 Å². The zero-order valence-corrected chi connectivity index (χ0v) is 26.3. The first kappa shape index (κ1) is 28.6. The molecule has 8 rings (SSSR count). The van der Waals surface area contributed by atoms with Crippen LogP contribution in [-0.2, 0) is 0 Å². The Morgan fingerprint density at radius 2 is 0.894 bits per heavy atom. The molecule has 4 aromatic carbocycles. The van der Waals surface area contributed by atoms with Crippen LogP contribution in [0.25, 0.3) is 50.3 Å². The molecule has 5 nitrogen and oxygen atoms in total. The maximum atomic E-state index is 4.72. The summed E-state index contributed by atoms with van der Waals surface area (Å²) in [6, 6.07) is 45.0. The summed E-state index contributed by atoms with van der Waals surface area (Å²) in [5.41, 5.74) is 11.3. The molecule has 0 saturated heterocycles. The minimum absolute atomic E-state index is 0.174. The largest absolute Gasteiger partial charge is 0.278 e. The van der Waals surface area contributed by atoms with Crippen LogP contribution in [0.5, 0.6) is 0 Å². The van der Waals surface area contributed by atoms with E-state index in [2.05, 4.69) is 125 Å². The molecule has 0 aliphatic heterocycles. The highest BCUT2D eigenvalue weighted by atomic mass is 15.1. The van der Waals surface area contributed by atoms with E-state index >= 15 is 0 Å². The molecule has 0 bridgehead atoms. The van der Waals surface area contributed by atoms with Crippen molar-refractivity contribution in [3.8, 4) is 28.5 Å². The molecule has 0 atom stereocenters. The second-order valence-electron chi connectivity index (χ2n) is 12.1. The molecule has 4 aromatic heterocycles. The molecule has 222 valence electrons. The number of rotatable bonds is 7. The van der Waals surface area contributed by atoms with Gasteiger partial charge in [-0.3, -0.25) is 14.5 Å². The fraction of sp³-hybridized carbons (Fsp3) is 0.0500. The van der Waals surface area contributed by atoms with Gasteiger partial charge in [0.1, 0.15) is 0 Å². The van der Waals surface area contributed by atoms with Gasteiger partial charge in [-0.25, -0.2) is 9.97 Å². The summed E-state index contributed by atoms with van der Waals surface area (Å²) in [6.45, 7) is 4.88. The lowest BCUT2D eigenvalue weighted by Gasteiger charge is -2.13. The van der Waals surface area contributed by atoms with E-state index in [0.29, 0.717) is 5.95 Å². The first-order valence-electron chi connectivity index (χ1n) is 16.0. The third-order valence-electron chi connectivity index (χ3n) is 9.26. The van der Waals surface area contributed by atoms with Crippen LogP contribution in [0, 0.1) is 0 Å². The van der Waals surface area contributed by atoms with E-state index in [9.17, 15) is 0 Å². The highest BCUT2D eigenvalue weighted by Gasteiger charge is 2.21. The monoisotopic (exact) mass is 603 g/mol. The molecule has 0 aliphatic rings. The van der Waals surface area contributed by atoms with E-state index in [-0.39, 0.29) is 13.4 Å².